The zero-order chi connectivity index (χ0) is 14.0. The van der Waals surface area contributed by atoms with Crippen molar-refractivity contribution in [3.63, 3.8) is 0 Å². The van der Waals surface area contributed by atoms with Crippen LogP contribution in [0.15, 0.2) is 0 Å². The van der Waals surface area contributed by atoms with Crippen molar-refractivity contribution in [2.75, 3.05) is 20.1 Å². The van der Waals surface area contributed by atoms with Crippen LogP contribution in [0.3, 0.4) is 0 Å². The number of hydrogen-bond donors (Lipinski definition) is 3. The topological polar surface area (TPSA) is 79.5 Å². The summed E-state index contributed by atoms with van der Waals surface area (Å²) in [5.74, 6) is 0. The first-order chi connectivity index (χ1) is 8.35. The first-order valence-corrected chi connectivity index (χ1v) is 6.27. The van der Waals surface area contributed by atoms with Gasteiger partial charge in [-0.2, -0.15) is 0 Å². The molecule has 0 bridgehead atoms. The third-order valence-corrected chi connectivity index (χ3v) is 2.03. The molecule has 3 amide bonds. The summed E-state index contributed by atoms with van der Waals surface area (Å²) < 4.78 is 5.10. The molecule has 0 rings (SSSR count). The fourth-order valence-electron chi connectivity index (χ4n) is 1.22. The van der Waals surface area contributed by atoms with Crippen LogP contribution in [-0.2, 0) is 4.74 Å². The SMILES string of the molecule is CNC(=O)NCCCCCNC(=O)OC(C)(C)C. The van der Waals surface area contributed by atoms with Gasteiger partial charge in [0.15, 0.2) is 0 Å². The molecule has 6 nitrogen and oxygen atoms in total. The summed E-state index contributed by atoms with van der Waals surface area (Å²) >= 11 is 0. The highest BCUT2D eigenvalue weighted by Crippen LogP contribution is 2.06. The minimum absolute atomic E-state index is 0.165. The lowest BCUT2D eigenvalue weighted by atomic mass is 10.2. The van der Waals surface area contributed by atoms with Crippen molar-refractivity contribution in [1.29, 1.82) is 0 Å². The molecular weight excluding hydrogens is 234 g/mol. The molecule has 0 aromatic rings. The molecule has 0 saturated carbocycles. The molecule has 0 aliphatic carbocycles. The Kier molecular flexibility index (Phi) is 7.91. The number of nitrogens with one attached hydrogen (secondary N) is 3. The van der Waals surface area contributed by atoms with Crippen LogP contribution in [0.1, 0.15) is 40.0 Å². The number of ether oxygens (including phenoxy) is 1. The van der Waals surface area contributed by atoms with E-state index in [9.17, 15) is 9.59 Å². The van der Waals surface area contributed by atoms with Crippen LogP contribution in [0.2, 0.25) is 0 Å². The second-order valence-corrected chi connectivity index (χ2v) is 5.00. The van der Waals surface area contributed by atoms with Crippen LogP contribution in [0.5, 0.6) is 0 Å². The largest absolute Gasteiger partial charge is 0.444 e. The van der Waals surface area contributed by atoms with Gasteiger partial charge in [0.05, 0.1) is 0 Å². The fraction of sp³-hybridized carbons (Fsp3) is 0.833. The van der Waals surface area contributed by atoms with Gasteiger partial charge in [-0.3, -0.25) is 0 Å². The standard InChI is InChI=1S/C12H25N3O3/c1-12(2,3)18-11(17)15-9-7-5-6-8-14-10(16)13-4/h5-9H2,1-4H3,(H,15,17)(H2,13,14,16). The van der Waals surface area contributed by atoms with Gasteiger partial charge in [-0.1, -0.05) is 0 Å². The Bertz CT molecular complexity index is 262. The van der Waals surface area contributed by atoms with Crippen molar-refractivity contribution in [2.24, 2.45) is 0 Å². The maximum atomic E-state index is 11.3. The molecule has 0 aromatic carbocycles. The van der Waals surface area contributed by atoms with Gasteiger partial charge in [0.2, 0.25) is 0 Å². The number of unbranched alkanes of at least 4 members (excludes halogenated alkanes) is 2. The highest BCUT2D eigenvalue weighted by Gasteiger charge is 2.15. The third-order valence-electron chi connectivity index (χ3n) is 2.03. The average molecular weight is 259 g/mol. The molecule has 106 valence electrons. The Morgan fingerprint density at radius 3 is 2.06 bits per heavy atom. The van der Waals surface area contributed by atoms with E-state index in [0.29, 0.717) is 13.1 Å². The fourth-order valence-corrected chi connectivity index (χ4v) is 1.22. The highest BCUT2D eigenvalue weighted by molar-refractivity contribution is 5.73. The molecular formula is C12H25N3O3. The highest BCUT2D eigenvalue weighted by atomic mass is 16.6. The summed E-state index contributed by atoms with van der Waals surface area (Å²) in [4.78, 5) is 22.1. The molecule has 0 spiro atoms. The zero-order valence-electron chi connectivity index (χ0n) is 11.8. The maximum absolute atomic E-state index is 11.3. The van der Waals surface area contributed by atoms with Crippen LogP contribution in [0.4, 0.5) is 9.59 Å². The lowest BCUT2D eigenvalue weighted by Crippen LogP contribution is -2.34. The summed E-state index contributed by atoms with van der Waals surface area (Å²) in [6.07, 6.45) is 2.32. The molecule has 3 N–H and O–H groups in total. The molecule has 0 radical (unpaired) electrons. The van der Waals surface area contributed by atoms with Gasteiger partial charge >= 0.3 is 12.1 Å². The minimum Gasteiger partial charge on any atom is -0.444 e. The number of rotatable bonds is 6. The first-order valence-electron chi connectivity index (χ1n) is 6.27. The Labute approximate surface area is 109 Å². The van der Waals surface area contributed by atoms with Crippen LogP contribution < -0.4 is 16.0 Å². The van der Waals surface area contributed by atoms with Crippen molar-refractivity contribution >= 4 is 12.1 Å². The Morgan fingerprint density at radius 1 is 1.00 bits per heavy atom. The second-order valence-electron chi connectivity index (χ2n) is 5.00. The van der Waals surface area contributed by atoms with Crippen molar-refractivity contribution in [3.8, 4) is 0 Å². The molecule has 0 aromatic heterocycles. The summed E-state index contributed by atoms with van der Waals surface area (Å²) in [6, 6.07) is -0.165. The Balaban J connectivity index is 3.35. The minimum atomic E-state index is -0.457. The predicted octanol–water partition coefficient (Wildman–Crippen LogP) is 1.61. The molecule has 0 saturated heterocycles. The summed E-state index contributed by atoms with van der Waals surface area (Å²) in [6.45, 7) is 6.73. The van der Waals surface area contributed by atoms with E-state index in [1.165, 1.54) is 0 Å². The number of urea groups is 1. The molecule has 0 fully saturated rings. The smallest absolute Gasteiger partial charge is 0.407 e. The van der Waals surface area contributed by atoms with Crippen LogP contribution in [0, 0.1) is 0 Å². The third kappa shape index (κ3) is 11.0. The average Bonchev–Trinajstić information content (AvgIpc) is 2.25. The number of amides is 3. The summed E-state index contributed by atoms with van der Waals surface area (Å²) in [5, 5.41) is 7.87. The summed E-state index contributed by atoms with van der Waals surface area (Å²) in [5.41, 5.74) is -0.457. The quantitative estimate of drug-likeness (QED) is 0.634. The molecule has 0 aliphatic heterocycles. The number of alkyl carbamates (subject to hydrolysis) is 1. The van der Waals surface area contributed by atoms with Crippen molar-refractivity contribution in [3.05, 3.63) is 0 Å². The summed E-state index contributed by atoms with van der Waals surface area (Å²) in [7, 11) is 1.58. The molecule has 0 unspecified atom stereocenters. The van der Waals surface area contributed by atoms with E-state index in [1.54, 1.807) is 7.05 Å². The van der Waals surface area contributed by atoms with Crippen LogP contribution in [0.25, 0.3) is 0 Å². The molecule has 6 heteroatoms. The van der Waals surface area contributed by atoms with E-state index in [2.05, 4.69) is 16.0 Å². The predicted molar refractivity (Wildman–Crippen MR) is 70.5 cm³/mol. The van der Waals surface area contributed by atoms with Gasteiger partial charge in [-0.25, -0.2) is 9.59 Å². The van der Waals surface area contributed by atoms with Gasteiger partial charge in [-0.15, -0.1) is 0 Å². The molecule has 0 heterocycles. The Morgan fingerprint density at radius 2 is 1.56 bits per heavy atom. The number of carbonyl (C=O) groups excluding carboxylic acids is 2. The number of carbonyl (C=O) groups is 2. The van der Waals surface area contributed by atoms with Gasteiger partial charge in [0, 0.05) is 20.1 Å². The van der Waals surface area contributed by atoms with Crippen molar-refractivity contribution in [1.82, 2.24) is 16.0 Å². The van der Waals surface area contributed by atoms with E-state index in [1.807, 2.05) is 20.8 Å². The molecule has 18 heavy (non-hydrogen) atoms. The Hall–Kier alpha value is -1.46. The van der Waals surface area contributed by atoms with Gasteiger partial charge in [0.1, 0.15) is 5.60 Å². The van der Waals surface area contributed by atoms with Crippen LogP contribution in [-0.4, -0.2) is 37.9 Å². The molecule has 0 atom stereocenters. The lowest BCUT2D eigenvalue weighted by molar-refractivity contribution is 0.0527. The number of hydrogen-bond acceptors (Lipinski definition) is 3. The lowest BCUT2D eigenvalue weighted by Gasteiger charge is -2.19. The molecule has 0 aliphatic rings. The first kappa shape index (κ1) is 16.5. The maximum Gasteiger partial charge on any atom is 0.407 e. The van der Waals surface area contributed by atoms with E-state index < -0.39 is 5.60 Å². The van der Waals surface area contributed by atoms with Gasteiger partial charge < -0.3 is 20.7 Å². The van der Waals surface area contributed by atoms with Gasteiger partial charge in [-0.05, 0) is 40.0 Å². The second kappa shape index (κ2) is 8.60. The van der Waals surface area contributed by atoms with E-state index >= 15 is 0 Å². The van der Waals surface area contributed by atoms with E-state index in [0.717, 1.165) is 19.3 Å². The van der Waals surface area contributed by atoms with Crippen molar-refractivity contribution < 1.29 is 14.3 Å². The zero-order valence-corrected chi connectivity index (χ0v) is 11.8. The monoisotopic (exact) mass is 259 g/mol. The normalized spacial score (nSPS) is 10.7. The van der Waals surface area contributed by atoms with E-state index in [4.69, 9.17) is 4.74 Å². The van der Waals surface area contributed by atoms with Gasteiger partial charge in [0.25, 0.3) is 0 Å². The van der Waals surface area contributed by atoms with Crippen LogP contribution >= 0.6 is 0 Å². The van der Waals surface area contributed by atoms with E-state index in [-0.39, 0.29) is 12.1 Å². The van der Waals surface area contributed by atoms with Crippen molar-refractivity contribution in [2.45, 2.75) is 45.6 Å².